The first kappa shape index (κ1) is 14.5. The third-order valence-electron chi connectivity index (χ3n) is 3.80. The zero-order chi connectivity index (χ0) is 12.7. The van der Waals surface area contributed by atoms with Gasteiger partial charge in [0.05, 0.1) is 18.6 Å². The molecule has 0 bridgehead atoms. The number of carbonyl (C=O) groups excluding carboxylic acids is 1. The Labute approximate surface area is 105 Å². The van der Waals surface area contributed by atoms with Gasteiger partial charge in [-0.15, -0.1) is 0 Å². The molecule has 1 aliphatic carbocycles. The summed E-state index contributed by atoms with van der Waals surface area (Å²) in [6, 6.07) is 0. The van der Waals surface area contributed by atoms with Crippen LogP contribution in [0.4, 0.5) is 0 Å². The van der Waals surface area contributed by atoms with E-state index in [0.717, 1.165) is 51.6 Å². The Morgan fingerprint density at radius 1 is 1.35 bits per heavy atom. The Hall–Kier alpha value is -0.570. The summed E-state index contributed by atoms with van der Waals surface area (Å²) < 4.78 is 10.9. The Bertz CT molecular complexity index is 240. The van der Waals surface area contributed by atoms with Crippen LogP contribution in [0.3, 0.4) is 0 Å². The highest BCUT2D eigenvalue weighted by Gasteiger charge is 2.50. The van der Waals surface area contributed by atoms with Crippen LogP contribution in [0.15, 0.2) is 0 Å². The van der Waals surface area contributed by atoms with Gasteiger partial charge in [-0.3, -0.25) is 4.79 Å². The second kappa shape index (κ2) is 7.00. The fourth-order valence-electron chi connectivity index (χ4n) is 2.86. The highest BCUT2D eigenvalue weighted by Crippen LogP contribution is 2.45. The Balaban J connectivity index is 2.75. The van der Waals surface area contributed by atoms with Crippen LogP contribution < -0.4 is 0 Å². The first-order valence-electron chi connectivity index (χ1n) is 6.91. The van der Waals surface area contributed by atoms with Crippen molar-refractivity contribution in [1.29, 1.82) is 0 Å². The molecule has 0 aliphatic heterocycles. The first-order chi connectivity index (χ1) is 8.21. The maximum absolute atomic E-state index is 12.1. The predicted octanol–water partition coefficient (Wildman–Crippen LogP) is 3.32. The monoisotopic (exact) mass is 242 g/mol. The molecule has 3 nitrogen and oxygen atoms in total. The van der Waals surface area contributed by atoms with Gasteiger partial charge in [0, 0.05) is 6.61 Å². The average Bonchev–Trinajstić information content (AvgIpc) is 2.77. The summed E-state index contributed by atoms with van der Waals surface area (Å²) in [6.45, 7) is 5.00. The minimum absolute atomic E-state index is 0.0652. The van der Waals surface area contributed by atoms with Gasteiger partial charge in [0.2, 0.25) is 0 Å². The van der Waals surface area contributed by atoms with Gasteiger partial charge in [-0.2, -0.15) is 0 Å². The van der Waals surface area contributed by atoms with Crippen LogP contribution in [0.5, 0.6) is 0 Å². The van der Waals surface area contributed by atoms with Crippen molar-refractivity contribution < 1.29 is 14.3 Å². The van der Waals surface area contributed by atoms with Crippen molar-refractivity contribution in [3.63, 3.8) is 0 Å². The molecule has 0 aromatic rings. The largest absolute Gasteiger partial charge is 0.469 e. The van der Waals surface area contributed by atoms with Gasteiger partial charge in [-0.25, -0.2) is 0 Å². The molecule has 0 N–H and O–H groups in total. The lowest BCUT2D eigenvalue weighted by atomic mass is 9.79. The van der Waals surface area contributed by atoms with Crippen LogP contribution in [-0.2, 0) is 14.3 Å². The van der Waals surface area contributed by atoms with Crippen molar-refractivity contribution in [2.45, 2.75) is 64.9 Å². The summed E-state index contributed by atoms with van der Waals surface area (Å²) in [5.74, 6) is -0.0652. The van der Waals surface area contributed by atoms with E-state index in [9.17, 15) is 4.79 Å². The van der Waals surface area contributed by atoms with Crippen LogP contribution in [0.2, 0.25) is 0 Å². The van der Waals surface area contributed by atoms with Crippen molar-refractivity contribution >= 4 is 5.97 Å². The van der Waals surface area contributed by atoms with E-state index in [1.54, 1.807) is 0 Å². The van der Waals surface area contributed by atoms with Crippen molar-refractivity contribution in [2.75, 3.05) is 13.7 Å². The SMILES string of the molecule is CCCCC1(C(=O)OC)CCCC1OCCC. The van der Waals surface area contributed by atoms with Gasteiger partial charge in [-0.05, 0) is 32.1 Å². The number of hydrogen-bond acceptors (Lipinski definition) is 3. The summed E-state index contributed by atoms with van der Waals surface area (Å²) in [4.78, 5) is 12.1. The number of rotatable bonds is 7. The van der Waals surface area contributed by atoms with Crippen LogP contribution >= 0.6 is 0 Å². The zero-order valence-corrected chi connectivity index (χ0v) is 11.5. The maximum atomic E-state index is 12.1. The van der Waals surface area contributed by atoms with Crippen LogP contribution in [0, 0.1) is 5.41 Å². The molecule has 1 aliphatic rings. The highest BCUT2D eigenvalue weighted by molar-refractivity contribution is 5.78. The topological polar surface area (TPSA) is 35.5 Å². The summed E-state index contributed by atoms with van der Waals surface area (Å²) >= 11 is 0. The minimum atomic E-state index is -0.361. The first-order valence-corrected chi connectivity index (χ1v) is 6.91. The van der Waals surface area contributed by atoms with E-state index in [2.05, 4.69) is 13.8 Å². The number of ether oxygens (including phenoxy) is 2. The van der Waals surface area contributed by atoms with Crippen LogP contribution in [-0.4, -0.2) is 25.8 Å². The average molecular weight is 242 g/mol. The van der Waals surface area contributed by atoms with E-state index >= 15 is 0 Å². The second-order valence-corrected chi connectivity index (χ2v) is 5.00. The summed E-state index contributed by atoms with van der Waals surface area (Å²) in [7, 11) is 1.49. The molecule has 0 heterocycles. The molecular weight excluding hydrogens is 216 g/mol. The molecule has 0 amide bonds. The van der Waals surface area contributed by atoms with Gasteiger partial charge in [-0.1, -0.05) is 26.7 Å². The number of esters is 1. The van der Waals surface area contributed by atoms with Gasteiger partial charge >= 0.3 is 5.97 Å². The van der Waals surface area contributed by atoms with Crippen molar-refractivity contribution in [3.8, 4) is 0 Å². The van der Waals surface area contributed by atoms with Gasteiger partial charge in [0.15, 0.2) is 0 Å². The van der Waals surface area contributed by atoms with E-state index in [1.807, 2.05) is 0 Å². The molecule has 1 fully saturated rings. The minimum Gasteiger partial charge on any atom is -0.469 e. The lowest BCUT2D eigenvalue weighted by Gasteiger charge is -2.32. The number of carbonyl (C=O) groups is 1. The third-order valence-corrected chi connectivity index (χ3v) is 3.80. The van der Waals surface area contributed by atoms with E-state index in [0.29, 0.717) is 0 Å². The Morgan fingerprint density at radius 3 is 2.71 bits per heavy atom. The lowest BCUT2D eigenvalue weighted by molar-refractivity contribution is -0.162. The number of methoxy groups -OCH3 is 1. The quantitative estimate of drug-likeness (QED) is 0.642. The summed E-state index contributed by atoms with van der Waals surface area (Å²) in [6.07, 6.45) is 7.16. The lowest BCUT2D eigenvalue weighted by Crippen LogP contribution is -2.41. The summed E-state index contributed by atoms with van der Waals surface area (Å²) in [5, 5.41) is 0. The zero-order valence-electron chi connectivity index (χ0n) is 11.5. The van der Waals surface area contributed by atoms with Gasteiger partial charge < -0.3 is 9.47 Å². The van der Waals surface area contributed by atoms with Crippen molar-refractivity contribution in [1.82, 2.24) is 0 Å². The molecule has 17 heavy (non-hydrogen) atoms. The fraction of sp³-hybridized carbons (Fsp3) is 0.929. The number of hydrogen-bond donors (Lipinski definition) is 0. The molecule has 2 unspecified atom stereocenters. The molecular formula is C14H26O3. The molecule has 100 valence electrons. The third kappa shape index (κ3) is 3.21. The molecule has 3 heteroatoms. The predicted molar refractivity (Wildman–Crippen MR) is 67.9 cm³/mol. The Kier molecular flexibility index (Phi) is 5.96. The molecule has 1 saturated carbocycles. The summed E-state index contributed by atoms with van der Waals surface area (Å²) in [5.41, 5.74) is -0.361. The Morgan fingerprint density at radius 2 is 2.12 bits per heavy atom. The highest BCUT2D eigenvalue weighted by atomic mass is 16.5. The molecule has 2 atom stereocenters. The molecule has 0 spiro atoms. The van der Waals surface area contributed by atoms with E-state index in [1.165, 1.54) is 7.11 Å². The van der Waals surface area contributed by atoms with Gasteiger partial charge in [0.1, 0.15) is 0 Å². The molecule has 0 aromatic carbocycles. The van der Waals surface area contributed by atoms with Crippen LogP contribution in [0.25, 0.3) is 0 Å². The fourth-order valence-corrected chi connectivity index (χ4v) is 2.86. The second-order valence-electron chi connectivity index (χ2n) is 5.00. The van der Waals surface area contributed by atoms with Crippen LogP contribution in [0.1, 0.15) is 58.8 Å². The van der Waals surface area contributed by atoms with E-state index in [-0.39, 0.29) is 17.5 Å². The van der Waals surface area contributed by atoms with Crippen molar-refractivity contribution in [3.05, 3.63) is 0 Å². The standard InChI is InChI=1S/C14H26O3/c1-4-6-9-14(13(15)16-3)10-7-8-12(14)17-11-5-2/h12H,4-11H2,1-3H3. The van der Waals surface area contributed by atoms with Crippen molar-refractivity contribution in [2.24, 2.45) is 5.41 Å². The molecule has 0 saturated heterocycles. The van der Waals surface area contributed by atoms with Gasteiger partial charge in [0.25, 0.3) is 0 Å². The molecule has 0 radical (unpaired) electrons. The number of unbranched alkanes of at least 4 members (excludes halogenated alkanes) is 1. The normalized spacial score (nSPS) is 28.3. The van der Waals surface area contributed by atoms with E-state index in [4.69, 9.17) is 9.47 Å². The smallest absolute Gasteiger partial charge is 0.314 e. The maximum Gasteiger partial charge on any atom is 0.314 e. The molecule has 1 rings (SSSR count). The molecule has 0 aromatic heterocycles. The van der Waals surface area contributed by atoms with E-state index < -0.39 is 0 Å².